The molecule has 2 heterocycles. The van der Waals surface area contributed by atoms with E-state index in [-0.39, 0.29) is 31.2 Å². The van der Waals surface area contributed by atoms with E-state index < -0.39 is 63.0 Å². The van der Waals surface area contributed by atoms with Crippen LogP contribution in [0.5, 0.6) is 0 Å². The van der Waals surface area contributed by atoms with Crippen molar-refractivity contribution in [3.63, 3.8) is 0 Å². The van der Waals surface area contributed by atoms with Crippen molar-refractivity contribution in [3.05, 3.63) is 48.3 Å². The number of hydrogen-bond donors (Lipinski definition) is 6. The molecule has 0 spiro atoms. The number of benzene rings is 1. The fourth-order valence-electron chi connectivity index (χ4n) is 4.46. The molecule has 1 aliphatic heterocycles. The van der Waals surface area contributed by atoms with E-state index in [1.165, 1.54) is 0 Å². The SMILES string of the molecule is CC[C@@H]1NC(=O)[C@H](CCC[AsH]c2ncc[nH]2)NC(=O)[C@](C)(NC(=O)C(C)C)CCNC(=O)[C@@H](c2ccccc2)NC1=O. The molecule has 12 nitrogen and oxygen atoms in total. The standard InChI is InChI=1S/C29H42AsN7O5/c1-5-20-24(39)36-22(19-10-7-6-8-11-19)26(41)31-15-13-29(4,37-23(38)18(2)3)27(42)35-21(25(40)34-20)12-9-14-30-28-32-16-17-33-28/h6-8,10-11,16-18,20-22,30H,5,9,12-15H2,1-4H3,(H,31,41)(H,32,33)(H,34,40)(H,35,42)(H,36,39)(H,37,38)/t20-,21-,22+,29+/m0/s1. The molecule has 5 amide bonds. The summed E-state index contributed by atoms with van der Waals surface area (Å²) in [5.41, 5.74) is -0.835. The molecule has 0 aliphatic carbocycles. The molecule has 0 bridgehead atoms. The Morgan fingerprint density at radius 2 is 1.76 bits per heavy atom. The number of amides is 5. The van der Waals surface area contributed by atoms with Crippen LogP contribution in [-0.2, 0) is 24.0 Å². The molecule has 1 aliphatic rings. The predicted octanol–water partition coefficient (Wildman–Crippen LogP) is -0.0421. The minimum absolute atomic E-state index is 0.0442. The zero-order chi connectivity index (χ0) is 30.7. The normalized spacial score (nSPS) is 24.5. The molecule has 1 aromatic heterocycles. The molecule has 3 rings (SSSR count). The fourth-order valence-corrected chi connectivity index (χ4v) is 6.49. The molecule has 13 heteroatoms. The Labute approximate surface area is 253 Å². The van der Waals surface area contributed by atoms with Crippen LogP contribution in [0.1, 0.15) is 65.0 Å². The summed E-state index contributed by atoms with van der Waals surface area (Å²) < 4.78 is 0.955. The van der Waals surface area contributed by atoms with Crippen LogP contribution in [0.3, 0.4) is 0 Å². The summed E-state index contributed by atoms with van der Waals surface area (Å²) in [6.45, 7) is 6.83. The fraction of sp³-hybridized carbons (Fsp3) is 0.517. The molecule has 1 unspecified atom stereocenters. The van der Waals surface area contributed by atoms with Gasteiger partial charge in [0.2, 0.25) is 0 Å². The summed E-state index contributed by atoms with van der Waals surface area (Å²) in [5.74, 6) is -2.73. The van der Waals surface area contributed by atoms with Gasteiger partial charge in [0, 0.05) is 0 Å². The first-order chi connectivity index (χ1) is 20.0. The monoisotopic (exact) mass is 643 g/mol. The van der Waals surface area contributed by atoms with Crippen LogP contribution in [0.25, 0.3) is 0 Å². The average molecular weight is 644 g/mol. The summed E-state index contributed by atoms with van der Waals surface area (Å²) in [5, 5.41) is 14.9. The number of nitrogens with one attached hydrogen (secondary N) is 6. The van der Waals surface area contributed by atoms with Gasteiger partial charge in [-0.25, -0.2) is 0 Å². The van der Waals surface area contributed by atoms with E-state index in [2.05, 4.69) is 36.6 Å². The molecule has 42 heavy (non-hydrogen) atoms. The Morgan fingerprint density at radius 1 is 1.05 bits per heavy atom. The summed E-state index contributed by atoms with van der Waals surface area (Å²) in [6.07, 6.45) is 4.82. The van der Waals surface area contributed by atoms with E-state index in [1.807, 2.05) is 0 Å². The van der Waals surface area contributed by atoms with E-state index in [1.54, 1.807) is 70.4 Å². The first-order valence-electron chi connectivity index (χ1n) is 14.3. The number of carbonyl (C=O) groups is 5. The van der Waals surface area contributed by atoms with Crippen LogP contribution in [-0.4, -0.2) is 79.4 Å². The Kier molecular flexibility index (Phi) is 12.1. The van der Waals surface area contributed by atoms with Crippen molar-refractivity contribution in [2.24, 2.45) is 5.92 Å². The Hall–Kier alpha value is -3.66. The number of carbonyl (C=O) groups excluding carboxylic acids is 5. The Morgan fingerprint density at radius 3 is 2.40 bits per heavy atom. The number of hydrogen-bond acceptors (Lipinski definition) is 6. The number of aromatic nitrogens is 2. The predicted molar refractivity (Wildman–Crippen MR) is 160 cm³/mol. The third kappa shape index (κ3) is 9.17. The number of imidazole rings is 1. The summed E-state index contributed by atoms with van der Waals surface area (Å²) >= 11 is -0.536. The van der Waals surface area contributed by atoms with Gasteiger partial charge in [0.05, 0.1) is 0 Å². The van der Waals surface area contributed by atoms with Gasteiger partial charge in [-0.15, -0.1) is 0 Å². The van der Waals surface area contributed by atoms with Crippen molar-refractivity contribution in [1.29, 1.82) is 0 Å². The minimum atomic E-state index is -1.41. The summed E-state index contributed by atoms with van der Waals surface area (Å²) in [7, 11) is 0. The van der Waals surface area contributed by atoms with Gasteiger partial charge in [-0.2, -0.15) is 0 Å². The molecule has 1 fully saturated rings. The summed E-state index contributed by atoms with van der Waals surface area (Å²) in [4.78, 5) is 73.9. The molecule has 2 aromatic rings. The second-order valence-electron chi connectivity index (χ2n) is 10.9. The third-order valence-corrected chi connectivity index (χ3v) is 9.70. The van der Waals surface area contributed by atoms with E-state index >= 15 is 0 Å². The van der Waals surface area contributed by atoms with Crippen molar-refractivity contribution in [2.75, 3.05) is 6.54 Å². The summed E-state index contributed by atoms with van der Waals surface area (Å²) in [6, 6.07) is 5.93. The topological polar surface area (TPSA) is 174 Å². The van der Waals surface area contributed by atoms with E-state index in [0.717, 1.165) is 9.82 Å². The number of nitrogens with zero attached hydrogens (tertiary/aromatic N) is 1. The van der Waals surface area contributed by atoms with Gasteiger partial charge >= 0.3 is 235 Å². The quantitative estimate of drug-likeness (QED) is 0.165. The first kappa shape index (κ1) is 32.8. The molecule has 228 valence electrons. The van der Waals surface area contributed by atoms with Crippen molar-refractivity contribution >= 4 is 49.9 Å². The molecule has 0 saturated carbocycles. The zero-order valence-electron chi connectivity index (χ0n) is 24.6. The second-order valence-corrected chi connectivity index (χ2v) is 13.7. The Bertz CT molecular complexity index is 1220. The van der Waals surface area contributed by atoms with Gasteiger partial charge in [0.15, 0.2) is 0 Å². The number of rotatable bonds is 9. The van der Waals surface area contributed by atoms with Crippen LogP contribution in [0.2, 0.25) is 5.21 Å². The molecular formula is C29H42AsN7O5. The zero-order valence-corrected chi connectivity index (χ0v) is 26.7. The first-order valence-corrected chi connectivity index (χ1v) is 16.9. The Balaban J connectivity index is 1.89. The van der Waals surface area contributed by atoms with Gasteiger partial charge < -0.3 is 0 Å². The number of aromatic amines is 1. The maximum atomic E-state index is 13.7. The van der Waals surface area contributed by atoms with Crippen LogP contribution in [0.15, 0.2) is 42.7 Å². The van der Waals surface area contributed by atoms with Crippen molar-refractivity contribution in [3.8, 4) is 0 Å². The van der Waals surface area contributed by atoms with Gasteiger partial charge in [0.1, 0.15) is 0 Å². The van der Waals surface area contributed by atoms with Crippen LogP contribution >= 0.6 is 0 Å². The second kappa shape index (κ2) is 15.5. The van der Waals surface area contributed by atoms with Crippen molar-refractivity contribution in [2.45, 2.75) is 82.3 Å². The van der Waals surface area contributed by atoms with Gasteiger partial charge in [-0.05, 0) is 0 Å². The van der Waals surface area contributed by atoms with Crippen LogP contribution in [0.4, 0.5) is 0 Å². The van der Waals surface area contributed by atoms with Crippen molar-refractivity contribution < 1.29 is 24.0 Å². The van der Waals surface area contributed by atoms with Crippen LogP contribution in [0, 0.1) is 5.92 Å². The molecule has 1 aromatic carbocycles. The van der Waals surface area contributed by atoms with Crippen molar-refractivity contribution in [1.82, 2.24) is 36.6 Å². The van der Waals surface area contributed by atoms with Gasteiger partial charge in [0.25, 0.3) is 0 Å². The molecule has 5 atom stereocenters. The van der Waals surface area contributed by atoms with E-state index in [4.69, 9.17) is 0 Å². The molecule has 6 N–H and O–H groups in total. The average Bonchev–Trinajstić information content (AvgIpc) is 3.49. The molecule has 0 radical (unpaired) electrons. The van der Waals surface area contributed by atoms with E-state index in [9.17, 15) is 24.0 Å². The van der Waals surface area contributed by atoms with Crippen LogP contribution < -0.4 is 31.2 Å². The number of H-pyrrole nitrogens is 1. The van der Waals surface area contributed by atoms with Gasteiger partial charge in [-0.3, -0.25) is 0 Å². The maximum absolute atomic E-state index is 13.7. The van der Waals surface area contributed by atoms with Gasteiger partial charge in [-0.1, -0.05) is 18.2 Å². The third-order valence-electron chi connectivity index (χ3n) is 7.15. The molecule has 1 saturated heterocycles. The van der Waals surface area contributed by atoms with E-state index in [0.29, 0.717) is 18.4 Å². The molecular weight excluding hydrogens is 601 g/mol.